The molecule has 1 atom stereocenters. The van der Waals surface area contributed by atoms with Gasteiger partial charge in [0.15, 0.2) is 6.10 Å². The van der Waals surface area contributed by atoms with Gasteiger partial charge >= 0.3 is 11.9 Å². The molecule has 66 heavy (non-hydrogen) atoms. The van der Waals surface area contributed by atoms with E-state index in [4.69, 9.17) is 9.47 Å². The highest BCUT2D eigenvalue weighted by Gasteiger charge is 2.16. The van der Waals surface area contributed by atoms with Gasteiger partial charge in [0.1, 0.15) is 6.61 Å². The molecule has 0 aliphatic rings. The molecule has 0 fully saturated rings. The van der Waals surface area contributed by atoms with Gasteiger partial charge in [-0.1, -0.05) is 225 Å². The highest BCUT2D eigenvalue weighted by atomic mass is 16.6. The monoisotopic (exact) mass is 911 g/mol. The molecule has 5 heteroatoms. The Labute approximate surface area is 406 Å². The van der Waals surface area contributed by atoms with Crippen LogP contribution in [0.25, 0.3) is 0 Å². The van der Waals surface area contributed by atoms with Crippen LogP contribution in [0.15, 0.2) is 134 Å². The van der Waals surface area contributed by atoms with Crippen molar-refractivity contribution in [2.45, 2.75) is 225 Å². The van der Waals surface area contributed by atoms with Crippen molar-refractivity contribution in [3.63, 3.8) is 0 Å². The molecule has 372 valence electrons. The summed E-state index contributed by atoms with van der Waals surface area (Å²) in [4.78, 5) is 24.4. The van der Waals surface area contributed by atoms with Crippen LogP contribution >= 0.6 is 0 Å². The second kappa shape index (κ2) is 55.4. The average molecular weight is 911 g/mol. The molecule has 0 aromatic rings. The lowest BCUT2D eigenvalue weighted by molar-refractivity contribution is -0.161. The molecule has 0 saturated heterocycles. The lowest BCUT2D eigenvalue weighted by Crippen LogP contribution is -2.28. The fourth-order valence-corrected chi connectivity index (χ4v) is 6.93. The molecule has 0 aromatic carbocycles. The van der Waals surface area contributed by atoms with Gasteiger partial charge in [0.05, 0.1) is 6.61 Å². The third-order valence-electron chi connectivity index (χ3n) is 10.9. The lowest BCUT2D eigenvalue weighted by Gasteiger charge is -2.15. The topological polar surface area (TPSA) is 72.8 Å². The fourth-order valence-electron chi connectivity index (χ4n) is 6.93. The molecule has 0 aliphatic heterocycles. The summed E-state index contributed by atoms with van der Waals surface area (Å²) in [6, 6.07) is 0. The molecule has 0 rings (SSSR count). The van der Waals surface area contributed by atoms with Crippen molar-refractivity contribution in [1.82, 2.24) is 0 Å². The quantitative estimate of drug-likeness (QED) is 0.0374. The van der Waals surface area contributed by atoms with E-state index in [9.17, 15) is 14.7 Å². The first kappa shape index (κ1) is 62.0. The van der Waals surface area contributed by atoms with Crippen LogP contribution in [-0.4, -0.2) is 36.4 Å². The molecule has 0 radical (unpaired) electrons. The number of aliphatic hydroxyl groups is 1. The highest BCUT2D eigenvalue weighted by Crippen LogP contribution is 2.13. The van der Waals surface area contributed by atoms with E-state index in [1.54, 1.807) is 0 Å². The largest absolute Gasteiger partial charge is 0.462 e. The minimum atomic E-state index is -0.790. The van der Waals surface area contributed by atoms with Crippen molar-refractivity contribution in [2.24, 2.45) is 0 Å². The second-order valence-electron chi connectivity index (χ2n) is 17.2. The van der Waals surface area contributed by atoms with Gasteiger partial charge in [-0.15, -0.1) is 0 Å². The first-order valence-corrected chi connectivity index (χ1v) is 26.7. The molecule has 0 saturated carbocycles. The van der Waals surface area contributed by atoms with Crippen LogP contribution < -0.4 is 0 Å². The van der Waals surface area contributed by atoms with E-state index < -0.39 is 6.10 Å². The summed E-state index contributed by atoms with van der Waals surface area (Å²) in [6.07, 6.45) is 82.6. The van der Waals surface area contributed by atoms with Gasteiger partial charge < -0.3 is 14.6 Å². The summed E-state index contributed by atoms with van der Waals surface area (Å²) in [5.41, 5.74) is 0. The molecule has 0 aromatic heterocycles. The molecule has 0 spiro atoms. The number of aliphatic hydroxyl groups excluding tert-OH is 1. The van der Waals surface area contributed by atoms with E-state index in [1.165, 1.54) is 77.0 Å². The normalized spacial score (nSPS) is 13.3. The summed E-state index contributed by atoms with van der Waals surface area (Å²) in [6.45, 7) is 3.97. The Hall–Kier alpha value is -3.96. The van der Waals surface area contributed by atoms with Crippen LogP contribution in [0.1, 0.15) is 219 Å². The minimum absolute atomic E-state index is 0.0826. The number of ether oxygens (including phenoxy) is 2. The zero-order valence-corrected chi connectivity index (χ0v) is 42.4. The van der Waals surface area contributed by atoms with E-state index in [2.05, 4.69) is 148 Å². The van der Waals surface area contributed by atoms with Gasteiger partial charge in [-0.05, 0) is 116 Å². The van der Waals surface area contributed by atoms with Crippen LogP contribution in [-0.2, 0) is 19.1 Å². The van der Waals surface area contributed by atoms with Crippen molar-refractivity contribution in [3.05, 3.63) is 134 Å². The van der Waals surface area contributed by atoms with Gasteiger partial charge in [0, 0.05) is 12.8 Å². The minimum Gasteiger partial charge on any atom is -0.462 e. The Balaban J connectivity index is 3.61. The van der Waals surface area contributed by atoms with Gasteiger partial charge in [0.25, 0.3) is 0 Å². The molecule has 1 unspecified atom stereocenters. The zero-order valence-electron chi connectivity index (χ0n) is 42.4. The van der Waals surface area contributed by atoms with E-state index in [-0.39, 0.29) is 25.2 Å². The van der Waals surface area contributed by atoms with Crippen LogP contribution in [0, 0.1) is 0 Å². The lowest BCUT2D eigenvalue weighted by atomic mass is 10.1. The SMILES string of the molecule is CC/C=C\C/C=C\C/C=C\C/C=C\C/C=C\C/C=C\C/C=C\C/C=C\C/C=C\CCCCCCCCCCCC(=O)OC(CO)COC(=O)CCCCCCC/C=C\C/C=C\CCCCC. The standard InChI is InChI=1S/C61H98O5/c1-3-5-7-9-11-13-15-17-19-20-21-22-23-24-25-26-27-28-29-30-31-32-33-34-35-36-37-38-39-40-42-44-46-48-50-52-54-56-61(64)66-59(57-62)58-65-60(63)55-53-51-49-47-45-43-41-18-16-14-12-10-8-6-4-2/h5,7,11-14,17-19,21-22,24-25,27-28,30-31,33-34,36-37,41,59,62H,3-4,6,8-10,15-16,20,23,26,29,32,35,38-40,42-58H2,1-2H3/b7-5-,13-11-,14-12-,19-17-,22-21-,25-24-,28-27-,31-30-,34-33-,37-36-,41-18-. The fraction of sp³-hybridized carbons (Fsp3) is 0.607. The first-order valence-electron chi connectivity index (χ1n) is 26.7. The van der Waals surface area contributed by atoms with Gasteiger partial charge in [-0.3, -0.25) is 9.59 Å². The van der Waals surface area contributed by atoms with E-state index >= 15 is 0 Å². The predicted octanol–water partition coefficient (Wildman–Crippen LogP) is 18.1. The second-order valence-corrected chi connectivity index (χ2v) is 17.2. The number of unbranched alkanes of at least 4 members (excludes halogenated alkanes) is 17. The molecule has 0 heterocycles. The van der Waals surface area contributed by atoms with Crippen molar-refractivity contribution in [1.29, 1.82) is 0 Å². The summed E-state index contributed by atoms with van der Waals surface area (Å²) in [5, 5.41) is 9.62. The summed E-state index contributed by atoms with van der Waals surface area (Å²) >= 11 is 0. The number of rotatable bonds is 47. The number of allylic oxidation sites excluding steroid dienone is 22. The predicted molar refractivity (Wildman–Crippen MR) is 288 cm³/mol. The number of hydrogen-bond donors (Lipinski definition) is 1. The summed E-state index contributed by atoms with van der Waals surface area (Å²) in [5.74, 6) is -0.622. The molecule has 5 nitrogen and oxygen atoms in total. The Morgan fingerprint density at radius 2 is 0.652 bits per heavy atom. The number of hydrogen-bond acceptors (Lipinski definition) is 5. The molecule has 1 N–H and O–H groups in total. The molecule has 0 bridgehead atoms. The third kappa shape index (κ3) is 52.7. The van der Waals surface area contributed by atoms with Crippen molar-refractivity contribution >= 4 is 11.9 Å². The maximum absolute atomic E-state index is 12.3. The van der Waals surface area contributed by atoms with Crippen LogP contribution in [0.5, 0.6) is 0 Å². The van der Waals surface area contributed by atoms with Gasteiger partial charge in [-0.25, -0.2) is 0 Å². The molecular weight excluding hydrogens is 813 g/mol. The van der Waals surface area contributed by atoms with Gasteiger partial charge in [0.2, 0.25) is 0 Å². The molecule has 0 aliphatic carbocycles. The average Bonchev–Trinajstić information content (AvgIpc) is 3.32. The summed E-state index contributed by atoms with van der Waals surface area (Å²) < 4.78 is 10.7. The maximum Gasteiger partial charge on any atom is 0.306 e. The van der Waals surface area contributed by atoms with E-state index in [0.717, 1.165) is 116 Å². The zero-order chi connectivity index (χ0) is 47.7. The third-order valence-corrected chi connectivity index (χ3v) is 10.9. The number of carbonyl (C=O) groups excluding carboxylic acids is 2. The molecule has 0 amide bonds. The summed E-state index contributed by atoms with van der Waals surface area (Å²) in [7, 11) is 0. The smallest absolute Gasteiger partial charge is 0.306 e. The van der Waals surface area contributed by atoms with E-state index in [0.29, 0.717) is 12.8 Å². The van der Waals surface area contributed by atoms with Crippen LogP contribution in [0.2, 0.25) is 0 Å². The Bertz CT molecular complexity index is 1400. The van der Waals surface area contributed by atoms with E-state index in [1.807, 2.05) is 0 Å². The number of carbonyl (C=O) groups is 2. The highest BCUT2D eigenvalue weighted by molar-refractivity contribution is 5.70. The maximum atomic E-state index is 12.3. The van der Waals surface area contributed by atoms with Crippen LogP contribution in [0.4, 0.5) is 0 Å². The van der Waals surface area contributed by atoms with Crippen LogP contribution in [0.3, 0.4) is 0 Å². The molecular formula is C61H98O5. The Morgan fingerprint density at radius 3 is 0.985 bits per heavy atom. The number of esters is 2. The van der Waals surface area contributed by atoms with Gasteiger partial charge in [-0.2, -0.15) is 0 Å². The van der Waals surface area contributed by atoms with Crippen molar-refractivity contribution in [2.75, 3.05) is 13.2 Å². The Kier molecular flexibility index (Phi) is 52.0. The Morgan fingerprint density at radius 1 is 0.364 bits per heavy atom. The first-order chi connectivity index (χ1) is 32.6. The van der Waals surface area contributed by atoms with Crippen molar-refractivity contribution in [3.8, 4) is 0 Å². The van der Waals surface area contributed by atoms with Crippen molar-refractivity contribution < 1.29 is 24.2 Å².